The van der Waals surface area contributed by atoms with E-state index in [0.29, 0.717) is 11.3 Å². The number of hydrogen-bond donors (Lipinski definition) is 2. The monoisotopic (exact) mass is 420 g/mol. The number of hydrogen-bond acceptors (Lipinski definition) is 7. The zero-order valence-electron chi connectivity index (χ0n) is 16.0. The van der Waals surface area contributed by atoms with Gasteiger partial charge in [0.05, 0.1) is 18.7 Å². The first-order valence-electron chi connectivity index (χ1n) is 8.75. The zero-order valence-corrected chi connectivity index (χ0v) is 16.9. The summed E-state index contributed by atoms with van der Waals surface area (Å²) in [6.07, 6.45) is 1.43. The van der Waals surface area contributed by atoms with Crippen molar-refractivity contribution < 1.29 is 28.2 Å². The Labute approximate surface area is 171 Å². The van der Waals surface area contributed by atoms with E-state index in [0.717, 1.165) is 11.3 Å². The molecule has 29 heavy (non-hydrogen) atoms. The Balaban J connectivity index is 2.18. The van der Waals surface area contributed by atoms with Crippen molar-refractivity contribution in [2.75, 3.05) is 30.4 Å². The summed E-state index contributed by atoms with van der Waals surface area (Å²) < 4.78 is 23.0. The van der Waals surface area contributed by atoms with E-state index in [-0.39, 0.29) is 41.0 Å². The molecular formula is C20H21FN2O5S. The van der Waals surface area contributed by atoms with Gasteiger partial charge in [-0.05, 0) is 43.7 Å². The van der Waals surface area contributed by atoms with E-state index in [1.807, 2.05) is 0 Å². The van der Waals surface area contributed by atoms with Crippen LogP contribution in [0.3, 0.4) is 0 Å². The Morgan fingerprint density at radius 2 is 1.86 bits per heavy atom. The fourth-order valence-electron chi connectivity index (χ4n) is 2.37. The molecule has 0 saturated heterocycles. The molecule has 0 bridgehead atoms. The lowest BCUT2D eigenvalue weighted by Crippen LogP contribution is -2.22. The van der Waals surface area contributed by atoms with Crippen LogP contribution in [0.2, 0.25) is 0 Å². The smallest absolute Gasteiger partial charge is 0.348 e. The van der Waals surface area contributed by atoms with Crippen LogP contribution in [0.15, 0.2) is 36.9 Å². The van der Waals surface area contributed by atoms with Crippen molar-refractivity contribution in [3.8, 4) is 0 Å². The van der Waals surface area contributed by atoms with E-state index in [1.54, 1.807) is 13.8 Å². The Hall–Kier alpha value is -3.20. The molecule has 0 fully saturated rings. The van der Waals surface area contributed by atoms with Gasteiger partial charge in [0.15, 0.2) is 0 Å². The van der Waals surface area contributed by atoms with Crippen molar-refractivity contribution in [3.05, 3.63) is 58.7 Å². The van der Waals surface area contributed by atoms with Gasteiger partial charge >= 0.3 is 11.9 Å². The van der Waals surface area contributed by atoms with Gasteiger partial charge in [0.2, 0.25) is 5.91 Å². The van der Waals surface area contributed by atoms with Crippen molar-refractivity contribution >= 4 is 39.9 Å². The summed E-state index contributed by atoms with van der Waals surface area (Å²) in [5, 5.41) is 5.65. The lowest BCUT2D eigenvalue weighted by Gasteiger charge is -2.08. The normalized spacial score (nSPS) is 10.2. The van der Waals surface area contributed by atoms with Crippen molar-refractivity contribution in [1.82, 2.24) is 0 Å². The molecule has 2 N–H and O–H groups in total. The van der Waals surface area contributed by atoms with Gasteiger partial charge in [0.25, 0.3) is 0 Å². The second-order valence-electron chi connectivity index (χ2n) is 5.78. The molecule has 154 valence electrons. The molecule has 0 aliphatic rings. The molecule has 0 unspecified atom stereocenters. The largest absolute Gasteiger partial charge is 0.462 e. The van der Waals surface area contributed by atoms with Crippen LogP contribution in [0.25, 0.3) is 0 Å². The van der Waals surface area contributed by atoms with Gasteiger partial charge in [-0.3, -0.25) is 4.79 Å². The van der Waals surface area contributed by atoms with Gasteiger partial charge < -0.3 is 20.1 Å². The molecule has 0 saturated carbocycles. The van der Waals surface area contributed by atoms with Gasteiger partial charge in [0.1, 0.15) is 22.3 Å². The highest BCUT2D eigenvalue weighted by Crippen LogP contribution is 2.34. The number of halogens is 1. The van der Waals surface area contributed by atoms with Crippen LogP contribution in [-0.2, 0) is 14.3 Å². The first kappa shape index (κ1) is 22.1. The number of nitrogens with one attached hydrogen (secondary N) is 2. The molecule has 2 rings (SSSR count). The highest BCUT2D eigenvalue weighted by molar-refractivity contribution is 7.18. The maximum Gasteiger partial charge on any atom is 0.348 e. The average molecular weight is 420 g/mol. The van der Waals surface area contributed by atoms with Crippen molar-refractivity contribution in [1.29, 1.82) is 0 Å². The molecule has 1 heterocycles. The lowest BCUT2D eigenvalue weighted by atomic mass is 10.1. The maximum absolute atomic E-state index is 12.9. The first-order chi connectivity index (χ1) is 13.9. The molecule has 1 aromatic heterocycles. The highest BCUT2D eigenvalue weighted by atomic mass is 32.1. The van der Waals surface area contributed by atoms with Crippen molar-refractivity contribution in [3.63, 3.8) is 0 Å². The summed E-state index contributed by atoms with van der Waals surface area (Å²) in [6.45, 7) is 6.76. The van der Waals surface area contributed by atoms with Crippen molar-refractivity contribution in [2.45, 2.75) is 13.8 Å². The minimum absolute atomic E-state index is 0.0220. The number of carbonyl (C=O) groups excluding carboxylic acids is 3. The van der Waals surface area contributed by atoms with Gasteiger partial charge in [-0.15, -0.1) is 11.3 Å². The standard InChI is InChI=1S/C20H21FN2O5S/c1-4-10-28-20(26)17-12(3)16(19(25)27-5-2)18(29-17)23-15(24)11-22-14-8-6-13(21)7-9-14/h4,6-9,22H,1,5,10-11H2,2-3H3,(H,23,24). The maximum atomic E-state index is 12.9. The molecule has 1 aromatic carbocycles. The van der Waals surface area contributed by atoms with E-state index in [4.69, 9.17) is 9.47 Å². The van der Waals surface area contributed by atoms with Crippen molar-refractivity contribution in [2.24, 2.45) is 0 Å². The number of ether oxygens (including phenoxy) is 2. The summed E-state index contributed by atoms with van der Waals surface area (Å²) in [7, 11) is 0. The third-order valence-electron chi connectivity index (χ3n) is 3.69. The van der Waals surface area contributed by atoms with Crippen LogP contribution in [0.4, 0.5) is 15.1 Å². The minimum atomic E-state index is -0.647. The molecule has 2 aromatic rings. The van der Waals surface area contributed by atoms with Gasteiger partial charge in [-0.25, -0.2) is 14.0 Å². The number of thiophene rings is 1. The number of amides is 1. The van der Waals surface area contributed by atoms with E-state index >= 15 is 0 Å². The third-order valence-corrected chi connectivity index (χ3v) is 4.88. The molecule has 1 amide bonds. The summed E-state index contributed by atoms with van der Waals surface area (Å²) in [5.74, 6) is -2.11. The Bertz CT molecular complexity index is 908. The third kappa shape index (κ3) is 5.89. The van der Waals surface area contributed by atoms with Crippen LogP contribution in [0.5, 0.6) is 0 Å². The van der Waals surface area contributed by atoms with Gasteiger partial charge in [-0.2, -0.15) is 0 Å². The van der Waals surface area contributed by atoms with Gasteiger partial charge in [-0.1, -0.05) is 12.7 Å². The Kier molecular flexibility index (Phi) is 7.90. The zero-order chi connectivity index (χ0) is 21.4. The Morgan fingerprint density at radius 3 is 2.48 bits per heavy atom. The number of anilines is 2. The minimum Gasteiger partial charge on any atom is -0.462 e. The molecular weight excluding hydrogens is 399 g/mol. The second kappa shape index (κ2) is 10.4. The highest BCUT2D eigenvalue weighted by Gasteiger charge is 2.27. The van der Waals surface area contributed by atoms with E-state index < -0.39 is 17.8 Å². The van der Waals surface area contributed by atoms with Crippen LogP contribution >= 0.6 is 11.3 Å². The van der Waals surface area contributed by atoms with Crippen LogP contribution in [0, 0.1) is 12.7 Å². The number of esters is 2. The molecule has 0 radical (unpaired) electrons. The predicted molar refractivity (Wildman–Crippen MR) is 109 cm³/mol. The molecule has 0 aliphatic carbocycles. The second-order valence-corrected chi connectivity index (χ2v) is 6.80. The summed E-state index contributed by atoms with van der Waals surface area (Å²) >= 11 is 0.932. The average Bonchev–Trinajstić information content (AvgIpc) is 3.01. The SMILES string of the molecule is C=CCOC(=O)c1sc(NC(=O)CNc2ccc(F)cc2)c(C(=O)OCC)c1C. The van der Waals surface area contributed by atoms with Crippen LogP contribution in [-0.4, -0.2) is 37.6 Å². The topological polar surface area (TPSA) is 93.7 Å². The van der Waals surface area contributed by atoms with E-state index in [1.165, 1.54) is 30.3 Å². The Morgan fingerprint density at radius 1 is 1.17 bits per heavy atom. The summed E-state index contributed by atoms with van der Waals surface area (Å²) in [6, 6.07) is 5.52. The number of carbonyl (C=O) groups is 3. The number of rotatable bonds is 9. The van der Waals surface area contributed by atoms with Crippen LogP contribution in [0.1, 0.15) is 32.5 Å². The molecule has 0 aliphatic heterocycles. The first-order valence-corrected chi connectivity index (χ1v) is 9.56. The molecule has 7 nitrogen and oxygen atoms in total. The van der Waals surface area contributed by atoms with Crippen LogP contribution < -0.4 is 10.6 Å². The molecule has 9 heteroatoms. The van der Waals surface area contributed by atoms with Gasteiger partial charge in [0, 0.05) is 5.69 Å². The predicted octanol–water partition coefficient (Wildman–Crippen LogP) is 3.77. The fourth-order valence-corrected chi connectivity index (χ4v) is 3.47. The lowest BCUT2D eigenvalue weighted by molar-refractivity contribution is -0.114. The van der Waals surface area contributed by atoms with E-state index in [9.17, 15) is 18.8 Å². The summed E-state index contributed by atoms with van der Waals surface area (Å²) in [5.41, 5.74) is 1.03. The molecule has 0 spiro atoms. The quantitative estimate of drug-likeness (QED) is 0.474. The summed E-state index contributed by atoms with van der Waals surface area (Å²) in [4.78, 5) is 37.1. The fraction of sp³-hybridized carbons (Fsp3) is 0.250. The van der Waals surface area contributed by atoms with E-state index in [2.05, 4.69) is 17.2 Å². The molecule has 0 atom stereocenters. The number of benzene rings is 1.